The molecule has 0 aromatic carbocycles. The maximum absolute atomic E-state index is 9.82. The number of hydrogen-bond donors (Lipinski definition) is 2. The van der Waals surface area contributed by atoms with Crippen LogP contribution in [0.15, 0.2) is 0 Å². The van der Waals surface area contributed by atoms with Crippen LogP contribution in [0.2, 0.25) is 0 Å². The zero-order valence-electron chi connectivity index (χ0n) is 5.37. The first-order valence-corrected chi connectivity index (χ1v) is 2.74. The van der Waals surface area contributed by atoms with Crippen molar-refractivity contribution in [1.82, 2.24) is 5.32 Å². The summed E-state index contributed by atoms with van der Waals surface area (Å²) in [6.07, 6.45) is 0.532. The fourth-order valence-electron chi connectivity index (χ4n) is 0.349. The molecule has 0 bridgehead atoms. The van der Waals surface area contributed by atoms with Gasteiger partial charge in [0.15, 0.2) is 0 Å². The van der Waals surface area contributed by atoms with E-state index in [1.54, 1.807) is 0 Å². The Morgan fingerprint density at radius 2 is 2.40 bits per heavy atom. The van der Waals surface area contributed by atoms with Gasteiger partial charge in [-0.25, -0.2) is 4.79 Å². The van der Waals surface area contributed by atoms with Crippen molar-refractivity contribution < 1.29 is 19.4 Å². The topological polar surface area (TPSA) is 75.6 Å². The molecule has 0 saturated heterocycles. The van der Waals surface area contributed by atoms with Gasteiger partial charge in [0, 0.05) is 6.54 Å². The van der Waals surface area contributed by atoms with Crippen LogP contribution in [0.1, 0.15) is 0 Å². The number of nitrogens with one attached hydrogen (secondary N) is 1. The molecule has 0 aromatic heterocycles. The first-order valence-electron chi connectivity index (χ1n) is 2.74. The molecule has 0 radical (unpaired) electrons. The number of rotatable bonds is 6. The number of carbonyl (C=O) groups excluding carboxylic acids is 1. The van der Waals surface area contributed by atoms with Gasteiger partial charge in [0.25, 0.3) is 0 Å². The fourth-order valence-corrected chi connectivity index (χ4v) is 0.349. The summed E-state index contributed by atoms with van der Waals surface area (Å²) < 4.78 is 4.58. The van der Waals surface area contributed by atoms with Crippen LogP contribution < -0.4 is 5.32 Å². The van der Waals surface area contributed by atoms with Gasteiger partial charge in [-0.1, -0.05) is 0 Å². The molecule has 2 N–H and O–H groups in total. The summed E-state index contributed by atoms with van der Waals surface area (Å²) in [5.41, 5.74) is 0. The maximum Gasteiger partial charge on any atom is 0.329 e. The SMILES string of the molecule is O=CNCCOCC(=O)O. The van der Waals surface area contributed by atoms with Crippen LogP contribution in [0.25, 0.3) is 0 Å². The molecular weight excluding hydrogens is 138 g/mol. The minimum Gasteiger partial charge on any atom is -0.480 e. The van der Waals surface area contributed by atoms with E-state index in [1.807, 2.05) is 0 Å². The number of hydrogen-bond acceptors (Lipinski definition) is 3. The van der Waals surface area contributed by atoms with Gasteiger partial charge in [0.1, 0.15) is 6.61 Å². The largest absolute Gasteiger partial charge is 0.480 e. The molecule has 0 atom stereocenters. The van der Waals surface area contributed by atoms with Crippen LogP contribution >= 0.6 is 0 Å². The Morgan fingerprint density at radius 1 is 1.70 bits per heavy atom. The molecule has 5 nitrogen and oxygen atoms in total. The molecular formula is C5H9NO4. The van der Waals surface area contributed by atoms with E-state index in [-0.39, 0.29) is 13.2 Å². The van der Waals surface area contributed by atoms with Crippen molar-refractivity contribution in [2.75, 3.05) is 19.8 Å². The van der Waals surface area contributed by atoms with E-state index in [1.165, 1.54) is 0 Å². The number of amides is 1. The standard InChI is InChI=1S/C5H9NO4/c7-4-6-1-2-10-3-5(8)9/h4H,1-3H2,(H,6,7)(H,8,9). The highest BCUT2D eigenvalue weighted by Gasteiger charge is 1.93. The summed E-state index contributed by atoms with van der Waals surface area (Å²) in [5, 5.41) is 10.4. The fraction of sp³-hybridized carbons (Fsp3) is 0.600. The lowest BCUT2D eigenvalue weighted by molar-refractivity contribution is -0.142. The first-order chi connectivity index (χ1) is 4.77. The molecule has 0 saturated carbocycles. The molecule has 0 aliphatic rings. The summed E-state index contributed by atoms with van der Waals surface area (Å²) >= 11 is 0. The Morgan fingerprint density at radius 3 is 2.90 bits per heavy atom. The third kappa shape index (κ3) is 6.90. The number of carbonyl (C=O) groups is 2. The van der Waals surface area contributed by atoms with Gasteiger partial charge in [0.05, 0.1) is 6.61 Å². The van der Waals surface area contributed by atoms with Crippen molar-refractivity contribution in [3.8, 4) is 0 Å². The maximum atomic E-state index is 9.82. The second kappa shape index (κ2) is 6.03. The molecule has 0 spiro atoms. The van der Waals surface area contributed by atoms with Crippen LogP contribution in [-0.4, -0.2) is 37.2 Å². The van der Waals surface area contributed by atoms with E-state index < -0.39 is 5.97 Å². The van der Waals surface area contributed by atoms with Crippen molar-refractivity contribution in [3.63, 3.8) is 0 Å². The molecule has 1 amide bonds. The highest BCUT2D eigenvalue weighted by atomic mass is 16.5. The van der Waals surface area contributed by atoms with Gasteiger partial charge in [-0.15, -0.1) is 0 Å². The quantitative estimate of drug-likeness (QED) is 0.367. The van der Waals surface area contributed by atoms with Crippen molar-refractivity contribution in [3.05, 3.63) is 0 Å². The van der Waals surface area contributed by atoms with E-state index in [9.17, 15) is 9.59 Å². The molecule has 0 heterocycles. The van der Waals surface area contributed by atoms with E-state index in [0.29, 0.717) is 13.0 Å². The highest BCUT2D eigenvalue weighted by Crippen LogP contribution is 1.71. The predicted molar refractivity (Wildman–Crippen MR) is 32.5 cm³/mol. The Kier molecular flexibility index (Phi) is 5.36. The molecule has 0 aliphatic heterocycles. The number of ether oxygens (including phenoxy) is 1. The van der Waals surface area contributed by atoms with Gasteiger partial charge in [-0.05, 0) is 0 Å². The molecule has 10 heavy (non-hydrogen) atoms. The molecule has 58 valence electrons. The van der Waals surface area contributed by atoms with E-state index >= 15 is 0 Å². The highest BCUT2D eigenvalue weighted by molar-refractivity contribution is 5.67. The second-order valence-corrected chi connectivity index (χ2v) is 1.52. The Hall–Kier alpha value is -1.10. The van der Waals surface area contributed by atoms with Gasteiger partial charge in [-0.3, -0.25) is 4.79 Å². The predicted octanol–water partition coefficient (Wildman–Crippen LogP) is -1.17. The van der Waals surface area contributed by atoms with Gasteiger partial charge < -0.3 is 15.2 Å². The van der Waals surface area contributed by atoms with Gasteiger partial charge >= 0.3 is 5.97 Å². The van der Waals surface area contributed by atoms with E-state index in [0.717, 1.165) is 0 Å². The van der Waals surface area contributed by atoms with Crippen LogP contribution in [0.5, 0.6) is 0 Å². The Labute approximate surface area is 58.0 Å². The lowest BCUT2D eigenvalue weighted by Gasteiger charge is -1.98. The molecule has 0 aliphatic carbocycles. The zero-order valence-corrected chi connectivity index (χ0v) is 5.37. The average Bonchev–Trinajstić information content (AvgIpc) is 1.87. The lowest BCUT2D eigenvalue weighted by atomic mass is 10.7. The van der Waals surface area contributed by atoms with Crippen molar-refractivity contribution in [1.29, 1.82) is 0 Å². The van der Waals surface area contributed by atoms with E-state index in [2.05, 4.69) is 10.1 Å². The Balaban J connectivity index is 2.90. The molecule has 0 aromatic rings. The first kappa shape index (κ1) is 8.90. The monoisotopic (exact) mass is 147 g/mol. The third-order valence-corrected chi connectivity index (χ3v) is 0.700. The lowest BCUT2D eigenvalue weighted by Crippen LogP contribution is -2.19. The van der Waals surface area contributed by atoms with E-state index in [4.69, 9.17) is 5.11 Å². The number of carboxylic acid groups (broad SMARTS) is 1. The molecule has 0 rings (SSSR count). The van der Waals surface area contributed by atoms with Crippen LogP contribution in [0.4, 0.5) is 0 Å². The normalized spacial score (nSPS) is 8.80. The average molecular weight is 147 g/mol. The number of aliphatic carboxylic acids is 1. The second-order valence-electron chi connectivity index (χ2n) is 1.52. The Bertz CT molecular complexity index is 114. The third-order valence-electron chi connectivity index (χ3n) is 0.700. The summed E-state index contributed by atoms with van der Waals surface area (Å²) in [5.74, 6) is -1.01. The summed E-state index contributed by atoms with van der Waals surface area (Å²) in [4.78, 5) is 19.4. The van der Waals surface area contributed by atoms with Crippen LogP contribution in [0.3, 0.4) is 0 Å². The van der Waals surface area contributed by atoms with Crippen molar-refractivity contribution in [2.24, 2.45) is 0 Å². The van der Waals surface area contributed by atoms with Crippen molar-refractivity contribution >= 4 is 12.4 Å². The minimum absolute atomic E-state index is 0.227. The minimum atomic E-state index is -1.01. The summed E-state index contributed by atoms with van der Waals surface area (Å²) in [6.45, 7) is 0.252. The summed E-state index contributed by atoms with van der Waals surface area (Å²) in [7, 11) is 0. The van der Waals surface area contributed by atoms with Gasteiger partial charge in [-0.2, -0.15) is 0 Å². The van der Waals surface area contributed by atoms with Crippen LogP contribution in [0, 0.1) is 0 Å². The molecule has 0 unspecified atom stereocenters. The van der Waals surface area contributed by atoms with Crippen molar-refractivity contribution in [2.45, 2.75) is 0 Å². The van der Waals surface area contributed by atoms with Gasteiger partial charge in [0.2, 0.25) is 6.41 Å². The zero-order chi connectivity index (χ0) is 7.82. The number of carboxylic acids is 1. The van der Waals surface area contributed by atoms with Crippen LogP contribution in [-0.2, 0) is 14.3 Å². The molecule has 0 fully saturated rings. The molecule has 5 heteroatoms. The smallest absolute Gasteiger partial charge is 0.329 e. The summed E-state index contributed by atoms with van der Waals surface area (Å²) in [6, 6.07) is 0.